The number of ether oxygens (including phenoxy) is 1. The van der Waals surface area contributed by atoms with Gasteiger partial charge in [-0.25, -0.2) is 4.98 Å². The van der Waals surface area contributed by atoms with Crippen molar-refractivity contribution in [3.8, 4) is 5.88 Å². The topological polar surface area (TPSA) is 48.1 Å². The van der Waals surface area contributed by atoms with E-state index in [1.54, 1.807) is 0 Å². The predicted octanol–water partition coefficient (Wildman–Crippen LogP) is 2.53. The normalized spacial score (nSPS) is 19.2. The summed E-state index contributed by atoms with van der Waals surface area (Å²) in [5.74, 6) is 0.718. The summed E-state index contributed by atoms with van der Waals surface area (Å²) in [5, 5.41) is 1.03. The Morgan fingerprint density at radius 2 is 2.19 bits per heavy atom. The van der Waals surface area contributed by atoms with Gasteiger partial charge in [-0.3, -0.25) is 0 Å². The van der Waals surface area contributed by atoms with Crippen molar-refractivity contribution >= 4 is 16.6 Å². The van der Waals surface area contributed by atoms with Crippen molar-refractivity contribution in [2.45, 2.75) is 25.9 Å². The second-order valence-corrected chi connectivity index (χ2v) is 4.29. The molecule has 0 amide bonds. The molecular weight excluding hydrogens is 200 g/mol. The molecule has 0 bridgehead atoms. The maximum absolute atomic E-state index is 6.17. The first kappa shape index (κ1) is 9.46. The number of para-hydroxylation sites is 1. The fourth-order valence-electron chi connectivity index (χ4n) is 2.19. The fraction of sp³-hybridized carbons (Fsp3) is 0.308. The summed E-state index contributed by atoms with van der Waals surface area (Å²) in [6.07, 6.45) is 2.21. The molecule has 0 saturated carbocycles. The predicted molar refractivity (Wildman–Crippen MR) is 64.6 cm³/mol. The first-order chi connectivity index (χ1) is 7.75. The number of nitrogens with two attached hydrogens (primary N) is 1. The number of hydrogen-bond acceptors (Lipinski definition) is 3. The number of nitrogens with zero attached hydrogens (tertiary/aromatic N) is 1. The summed E-state index contributed by atoms with van der Waals surface area (Å²) >= 11 is 0. The molecule has 0 aliphatic carbocycles. The molecule has 0 fully saturated rings. The number of benzene rings is 1. The van der Waals surface area contributed by atoms with Gasteiger partial charge in [0.1, 0.15) is 0 Å². The van der Waals surface area contributed by atoms with Crippen LogP contribution in [0, 0.1) is 0 Å². The van der Waals surface area contributed by atoms with Gasteiger partial charge in [0.2, 0.25) is 5.88 Å². The maximum Gasteiger partial charge on any atom is 0.219 e. The van der Waals surface area contributed by atoms with Crippen LogP contribution in [0.5, 0.6) is 5.88 Å². The van der Waals surface area contributed by atoms with Gasteiger partial charge in [-0.05, 0) is 25.8 Å². The highest BCUT2D eigenvalue weighted by Gasteiger charge is 2.21. The van der Waals surface area contributed by atoms with E-state index in [9.17, 15) is 0 Å². The molecule has 0 saturated heterocycles. The quantitative estimate of drug-likeness (QED) is 0.733. The number of pyridine rings is 1. The van der Waals surface area contributed by atoms with Crippen molar-refractivity contribution in [1.82, 2.24) is 4.98 Å². The van der Waals surface area contributed by atoms with Crippen molar-refractivity contribution in [2.75, 3.05) is 5.73 Å². The van der Waals surface area contributed by atoms with Crippen LogP contribution in [0.4, 0.5) is 5.69 Å². The van der Waals surface area contributed by atoms with Gasteiger partial charge in [0, 0.05) is 16.6 Å². The average Bonchev–Trinajstić information content (AvgIpc) is 2.29. The molecule has 82 valence electrons. The molecule has 3 nitrogen and oxygen atoms in total. The second kappa shape index (κ2) is 3.37. The highest BCUT2D eigenvalue weighted by atomic mass is 16.5. The fourth-order valence-corrected chi connectivity index (χ4v) is 2.19. The van der Waals surface area contributed by atoms with Gasteiger partial charge in [-0.1, -0.05) is 18.2 Å². The highest BCUT2D eigenvalue weighted by molar-refractivity contribution is 5.92. The number of rotatable bonds is 0. The zero-order valence-electron chi connectivity index (χ0n) is 9.23. The van der Waals surface area contributed by atoms with Crippen LogP contribution < -0.4 is 10.5 Å². The standard InChI is InChI=1S/C13H14N2O/c1-8-6-7-10-12(14)9-4-2-3-5-11(9)15-13(10)16-8/h2-5,8H,6-7H2,1H3,(H2,14,15). The van der Waals surface area contributed by atoms with Gasteiger partial charge in [0.05, 0.1) is 11.6 Å². The molecule has 2 heterocycles. The summed E-state index contributed by atoms with van der Waals surface area (Å²) < 4.78 is 5.73. The number of hydrogen-bond donors (Lipinski definition) is 1. The third-order valence-electron chi connectivity index (χ3n) is 3.11. The lowest BCUT2D eigenvalue weighted by Gasteiger charge is -2.24. The van der Waals surface area contributed by atoms with Crippen LogP contribution in [0.25, 0.3) is 10.9 Å². The van der Waals surface area contributed by atoms with E-state index in [1.807, 2.05) is 24.3 Å². The minimum Gasteiger partial charge on any atom is -0.474 e. The van der Waals surface area contributed by atoms with Crippen molar-refractivity contribution in [2.24, 2.45) is 0 Å². The molecule has 2 N–H and O–H groups in total. The molecule has 1 aromatic heterocycles. The largest absolute Gasteiger partial charge is 0.474 e. The number of nitrogen functional groups attached to an aromatic ring is 1. The van der Waals surface area contributed by atoms with Crippen molar-refractivity contribution in [1.29, 1.82) is 0 Å². The molecule has 16 heavy (non-hydrogen) atoms. The Hall–Kier alpha value is -1.77. The van der Waals surface area contributed by atoms with Crippen molar-refractivity contribution in [3.63, 3.8) is 0 Å². The molecule has 1 atom stereocenters. The smallest absolute Gasteiger partial charge is 0.219 e. The summed E-state index contributed by atoms with van der Waals surface area (Å²) in [6, 6.07) is 7.93. The Labute approximate surface area is 94.2 Å². The zero-order chi connectivity index (χ0) is 11.1. The average molecular weight is 214 g/mol. The molecule has 1 aliphatic rings. The lowest BCUT2D eigenvalue weighted by Crippen LogP contribution is -2.21. The number of aromatic nitrogens is 1. The van der Waals surface area contributed by atoms with Crippen LogP contribution in [0.1, 0.15) is 18.9 Å². The Morgan fingerprint density at radius 1 is 1.38 bits per heavy atom. The lowest BCUT2D eigenvalue weighted by atomic mass is 10.0. The molecule has 1 aromatic carbocycles. The Kier molecular flexibility index (Phi) is 1.99. The molecule has 1 unspecified atom stereocenters. The highest BCUT2D eigenvalue weighted by Crippen LogP contribution is 2.34. The van der Waals surface area contributed by atoms with Gasteiger partial charge in [0.25, 0.3) is 0 Å². The van der Waals surface area contributed by atoms with E-state index in [4.69, 9.17) is 10.5 Å². The van der Waals surface area contributed by atoms with E-state index in [1.165, 1.54) is 0 Å². The van der Waals surface area contributed by atoms with E-state index >= 15 is 0 Å². The minimum absolute atomic E-state index is 0.237. The van der Waals surface area contributed by atoms with Crippen LogP contribution in [-0.4, -0.2) is 11.1 Å². The molecular formula is C13H14N2O. The zero-order valence-corrected chi connectivity index (χ0v) is 9.23. The van der Waals surface area contributed by atoms with E-state index < -0.39 is 0 Å². The van der Waals surface area contributed by atoms with E-state index in [2.05, 4.69) is 11.9 Å². The number of anilines is 1. The van der Waals surface area contributed by atoms with Crippen molar-refractivity contribution in [3.05, 3.63) is 29.8 Å². The van der Waals surface area contributed by atoms with E-state index in [-0.39, 0.29) is 6.10 Å². The van der Waals surface area contributed by atoms with Crippen LogP contribution in [0.3, 0.4) is 0 Å². The van der Waals surface area contributed by atoms with E-state index in [0.29, 0.717) is 0 Å². The summed E-state index contributed by atoms with van der Waals surface area (Å²) in [6.45, 7) is 2.07. The molecule has 3 heteroatoms. The first-order valence-electron chi connectivity index (χ1n) is 5.59. The van der Waals surface area contributed by atoms with Crippen LogP contribution >= 0.6 is 0 Å². The molecule has 2 aromatic rings. The third-order valence-corrected chi connectivity index (χ3v) is 3.11. The van der Waals surface area contributed by atoms with Gasteiger partial charge in [-0.2, -0.15) is 0 Å². The molecule has 1 aliphatic heterocycles. The molecule has 3 rings (SSSR count). The van der Waals surface area contributed by atoms with Gasteiger partial charge in [0.15, 0.2) is 0 Å². The summed E-state index contributed by atoms with van der Waals surface area (Å²) in [7, 11) is 0. The monoisotopic (exact) mass is 214 g/mol. The van der Waals surface area contributed by atoms with Crippen LogP contribution in [-0.2, 0) is 6.42 Å². The second-order valence-electron chi connectivity index (χ2n) is 4.29. The van der Waals surface area contributed by atoms with Crippen LogP contribution in [0.2, 0.25) is 0 Å². The Balaban J connectivity index is 2.29. The summed E-state index contributed by atoms with van der Waals surface area (Å²) in [4.78, 5) is 4.52. The third kappa shape index (κ3) is 1.32. The summed E-state index contributed by atoms with van der Waals surface area (Å²) in [5.41, 5.74) is 8.97. The van der Waals surface area contributed by atoms with Gasteiger partial charge < -0.3 is 10.5 Å². The van der Waals surface area contributed by atoms with Crippen LogP contribution in [0.15, 0.2) is 24.3 Å². The number of fused-ring (bicyclic) bond motifs is 2. The molecule has 0 spiro atoms. The first-order valence-corrected chi connectivity index (χ1v) is 5.59. The minimum atomic E-state index is 0.237. The van der Waals surface area contributed by atoms with E-state index in [0.717, 1.165) is 40.9 Å². The van der Waals surface area contributed by atoms with Gasteiger partial charge in [-0.15, -0.1) is 0 Å². The Bertz CT molecular complexity index is 551. The Morgan fingerprint density at radius 3 is 3.06 bits per heavy atom. The SMILES string of the molecule is CC1CCc2c(nc3ccccc3c2N)O1. The maximum atomic E-state index is 6.17. The lowest BCUT2D eigenvalue weighted by molar-refractivity contribution is 0.185. The molecule has 0 radical (unpaired) electrons. The van der Waals surface area contributed by atoms with Gasteiger partial charge >= 0.3 is 0 Å². The van der Waals surface area contributed by atoms with Crippen molar-refractivity contribution < 1.29 is 4.74 Å².